The Morgan fingerprint density at radius 2 is 1.76 bits per heavy atom. The predicted octanol–water partition coefficient (Wildman–Crippen LogP) is 4.25. The summed E-state index contributed by atoms with van der Waals surface area (Å²) in [6.07, 6.45) is -2.28. The molecule has 94 valence electrons. The van der Waals surface area contributed by atoms with Crippen molar-refractivity contribution in [2.24, 2.45) is 0 Å². The average molecular weight is 246 g/mol. The summed E-state index contributed by atoms with van der Waals surface area (Å²) in [6, 6.07) is 6.97. The monoisotopic (exact) mass is 246 g/mol. The van der Waals surface area contributed by atoms with Crippen LogP contribution in [0.25, 0.3) is 0 Å². The van der Waals surface area contributed by atoms with Crippen LogP contribution < -0.4 is 0 Å². The first-order valence-electron chi connectivity index (χ1n) is 5.31. The normalized spacial score (nSPS) is 11.8. The minimum atomic E-state index is -3.92. The number of hydrogen-bond donors (Lipinski definition) is 0. The number of halogens is 4. The lowest BCUT2D eigenvalue weighted by Gasteiger charge is -2.16. The first-order chi connectivity index (χ1) is 7.97. The molecule has 1 aromatic carbocycles. The summed E-state index contributed by atoms with van der Waals surface area (Å²) in [6.45, 7) is 3.57. The van der Waals surface area contributed by atoms with Gasteiger partial charge in [-0.1, -0.05) is 30.3 Å². The molecule has 0 heterocycles. The predicted molar refractivity (Wildman–Crippen MR) is 59.6 cm³/mol. The van der Waals surface area contributed by atoms with Crippen molar-refractivity contribution in [3.05, 3.63) is 48.0 Å². The Kier molecular flexibility index (Phi) is 4.73. The Labute approximate surface area is 98.0 Å². The van der Waals surface area contributed by atoms with Crippen molar-refractivity contribution in [2.45, 2.75) is 31.6 Å². The summed E-state index contributed by atoms with van der Waals surface area (Å²) in [4.78, 5) is 0. The van der Waals surface area contributed by atoms with Crippen molar-refractivity contribution in [1.29, 1.82) is 0 Å². The van der Waals surface area contributed by atoms with Gasteiger partial charge in [0.05, 0.1) is 0 Å². The third-order valence-electron chi connectivity index (χ3n) is 2.53. The highest BCUT2D eigenvalue weighted by molar-refractivity contribution is 5.28. The van der Waals surface area contributed by atoms with Crippen LogP contribution in [-0.2, 0) is 12.8 Å². The molecule has 0 radical (unpaired) electrons. The van der Waals surface area contributed by atoms with Gasteiger partial charge in [0.25, 0.3) is 0 Å². The van der Waals surface area contributed by atoms with Gasteiger partial charge in [-0.05, 0) is 24.0 Å². The van der Waals surface area contributed by atoms with Gasteiger partial charge in [0.1, 0.15) is 0 Å². The zero-order valence-corrected chi connectivity index (χ0v) is 9.30. The molecular formula is C13H14F4. The second-order valence-electron chi connectivity index (χ2n) is 3.82. The summed E-state index contributed by atoms with van der Waals surface area (Å²) in [5.41, 5.74) is 1.53. The maximum atomic E-state index is 12.8. The highest BCUT2D eigenvalue weighted by atomic mass is 19.3. The van der Waals surface area contributed by atoms with Crippen molar-refractivity contribution in [1.82, 2.24) is 0 Å². The fourth-order valence-electron chi connectivity index (χ4n) is 1.57. The fourth-order valence-corrected chi connectivity index (χ4v) is 1.57. The number of allylic oxidation sites excluding steroid dienone is 1. The molecule has 0 N–H and O–H groups in total. The van der Waals surface area contributed by atoms with Crippen molar-refractivity contribution in [3.63, 3.8) is 0 Å². The molecule has 0 fully saturated rings. The smallest absolute Gasteiger partial charge is 0.204 e. The lowest BCUT2D eigenvalue weighted by molar-refractivity contribution is -0.132. The van der Waals surface area contributed by atoms with Gasteiger partial charge in [-0.2, -0.15) is 0 Å². The van der Waals surface area contributed by atoms with E-state index in [4.69, 9.17) is 0 Å². The molecule has 0 nitrogen and oxygen atoms in total. The fraction of sp³-hybridized carbons (Fsp3) is 0.385. The van der Waals surface area contributed by atoms with Crippen molar-refractivity contribution < 1.29 is 17.6 Å². The van der Waals surface area contributed by atoms with Gasteiger partial charge in [-0.25, -0.2) is 17.6 Å². The molecule has 0 aliphatic rings. The van der Waals surface area contributed by atoms with E-state index in [1.54, 1.807) is 30.3 Å². The minimum absolute atomic E-state index is 0.0542. The van der Waals surface area contributed by atoms with Gasteiger partial charge in [-0.15, -0.1) is 6.58 Å². The molecule has 0 aromatic heterocycles. The Morgan fingerprint density at radius 1 is 1.18 bits per heavy atom. The standard InChI is InChI=1S/C13H14F4/c1-2-5-10-6-3-4-7-11(10)8-9-13(16,17)12(14)15/h2-4,6-7,12H,1,5,8-9H2. The van der Waals surface area contributed by atoms with E-state index in [1.807, 2.05) is 0 Å². The molecule has 0 aliphatic heterocycles. The van der Waals surface area contributed by atoms with Crippen LogP contribution in [0.1, 0.15) is 17.5 Å². The minimum Gasteiger partial charge on any atom is -0.204 e. The molecule has 0 amide bonds. The number of benzene rings is 1. The summed E-state index contributed by atoms with van der Waals surface area (Å²) in [5.74, 6) is -3.92. The Bertz CT molecular complexity index is 371. The summed E-state index contributed by atoms with van der Waals surface area (Å²) in [5, 5.41) is 0. The second-order valence-corrected chi connectivity index (χ2v) is 3.82. The quantitative estimate of drug-likeness (QED) is 0.520. The van der Waals surface area contributed by atoms with E-state index < -0.39 is 18.8 Å². The molecule has 17 heavy (non-hydrogen) atoms. The highest BCUT2D eigenvalue weighted by Gasteiger charge is 2.39. The molecule has 0 aliphatic carbocycles. The molecule has 1 rings (SSSR count). The third kappa shape index (κ3) is 3.88. The van der Waals surface area contributed by atoms with E-state index in [-0.39, 0.29) is 6.42 Å². The van der Waals surface area contributed by atoms with Gasteiger partial charge in [0, 0.05) is 6.42 Å². The van der Waals surface area contributed by atoms with Gasteiger partial charge >= 0.3 is 12.3 Å². The molecule has 0 unspecified atom stereocenters. The van der Waals surface area contributed by atoms with E-state index in [0.717, 1.165) is 5.56 Å². The average Bonchev–Trinajstić information content (AvgIpc) is 2.28. The van der Waals surface area contributed by atoms with E-state index in [2.05, 4.69) is 6.58 Å². The molecule has 0 saturated heterocycles. The highest BCUT2D eigenvalue weighted by Crippen LogP contribution is 2.28. The molecule has 1 aromatic rings. The molecule has 0 bridgehead atoms. The van der Waals surface area contributed by atoms with Crippen molar-refractivity contribution >= 4 is 0 Å². The largest absolute Gasteiger partial charge is 0.307 e. The van der Waals surface area contributed by atoms with E-state index in [1.165, 1.54) is 0 Å². The lowest BCUT2D eigenvalue weighted by Crippen LogP contribution is -2.27. The maximum absolute atomic E-state index is 12.8. The van der Waals surface area contributed by atoms with Crippen LogP contribution in [0.2, 0.25) is 0 Å². The zero-order chi connectivity index (χ0) is 12.9. The van der Waals surface area contributed by atoms with Crippen LogP contribution in [0.3, 0.4) is 0 Å². The van der Waals surface area contributed by atoms with Crippen molar-refractivity contribution in [3.8, 4) is 0 Å². The Hall–Kier alpha value is -1.32. The Balaban J connectivity index is 2.72. The lowest BCUT2D eigenvalue weighted by atomic mass is 9.99. The topological polar surface area (TPSA) is 0 Å². The van der Waals surface area contributed by atoms with Crippen LogP contribution >= 0.6 is 0 Å². The first kappa shape index (κ1) is 13.7. The van der Waals surface area contributed by atoms with Gasteiger partial charge in [0.2, 0.25) is 0 Å². The molecule has 0 spiro atoms. The van der Waals surface area contributed by atoms with Crippen LogP contribution in [0.4, 0.5) is 17.6 Å². The van der Waals surface area contributed by atoms with E-state index >= 15 is 0 Å². The SMILES string of the molecule is C=CCc1ccccc1CCC(F)(F)C(F)F. The molecular weight excluding hydrogens is 232 g/mol. The Morgan fingerprint density at radius 3 is 2.29 bits per heavy atom. The second kappa shape index (κ2) is 5.84. The van der Waals surface area contributed by atoms with Gasteiger partial charge < -0.3 is 0 Å². The summed E-state index contributed by atoms with van der Waals surface area (Å²) >= 11 is 0. The van der Waals surface area contributed by atoms with Crippen LogP contribution in [0.15, 0.2) is 36.9 Å². The van der Waals surface area contributed by atoms with Gasteiger partial charge in [0.15, 0.2) is 0 Å². The number of alkyl halides is 4. The van der Waals surface area contributed by atoms with Crippen molar-refractivity contribution in [2.75, 3.05) is 0 Å². The first-order valence-corrected chi connectivity index (χ1v) is 5.31. The van der Waals surface area contributed by atoms with Gasteiger partial charge in [-0.3, -0.25) is 0 Å². The summed E-state index contributed by atoms with van der Waals surface area (Å²) in [7, 11) is 0. The maximum Gasteiger partial charge on any atom is 0.307 e. The van der Waals surface area contributed by atoms with Crippen LogP contribution in [0.5, 0.6) is 0 Å². The van der Waals surface area contributed by atoms with E-state index in [9.17, 15) is 17.6 Å². The van der Waals surface area contributed by atoms with Crippen LogP contribution in [-0.4, -0.2) is 12.3 Å². The number of rotatable bonds is 6. The molecule has 0 atom stereocenters. The van der Waals surface area contributed by atoms with Crippen LogP contribution in [0, 0.1) is 0 Å². The molecule has 4 heteroatoms. The number of aryl methyl sites for hydroxylation is 1. The zero-order valence-electron chi connectivity index (χ0n) is 9.30. The number of hydrogen-bond acceptors (Lipinski definition) is 0. The molecule has 0 saturated carbocycles. The third-order valence-corrected chi connectivity index (χ3v) is 2.53. The summed E-state index contributed by atoms with van der Waals surface area (Å²) < 4.78 is 49.6. The van der Waals surface area contributed by atoms with E-state index in [0.29, 0.717) is 12.0 Å².